The number of thiazole rings is 1. The van der Waals surface area contributed by atoms with Crippen molar-refractivity contribution in [3.8, 4) is 0 Å². The van der Waals surface area contributed by atoms with Crippen LogP contribution in [0.25, 0.3) is 0 Å². The number of para-hydroxylation sites is 1. The van der Waals surface area contributed by atoms with Crippen molar-refractivity contribution in [3.05, 3.63) is 57.6 Å². The largest absolute Gasteiger partial charge is 0.338 e. The molecule has 1 saturated heterocycles. The minimum atomic E-state index is -0.000422. The molecule has 5 rings (SSSR count). The maximum atomic E-state index is 13.2. The molecule has 3 aliphatic rings. The molecule has 1 N–H and O–H groups in total. The standard InChI is InChI=1S/C27H34N4O2S/c32-26(31-16-6-10-21-9-4-5-11-24(21)31)23-19-34-25(29-23)22-13-17-30(18-14-22)27(33)28-15-12-20-7-2-1-3-8-20/h4-5,7,9,11,19,22H,1-3,6,8,10,12-18H2,(H,28,33). The van der Waals surface area contributed by atoms with E-state index in [1.54, 1.807) is 11.3 Å². The Labute approximate surface area is 206 Å². The third-order valence-corrected chi connectivity index (χ3v) is 8.34. The zero-order valence-electron chi connectivity index (χ0n) is 19.8. The fourth-order valence-electron chi connectivity index (χ4n) is 5.36. The number of allylic oxidation sites excluding steroid dienone is 1. The summed E-state index contributed by atoms with van der Waals surface area (Å²) in [6.45, 7) is 2.94. The number of carbonyl (C=O) groups excluding carboxylic acids is 2. The van der Waals surface area contributed by atoms with E-state index in [0.29, 0.717) is 11.6 Å². The van der Waals surface area contributed by atoms with Crippen LogP contribution in [0.3, 0.4) is 0 Å². The minimum Gasteiger partial charge on any atom is -0.338 e. The molecule has 1 aliphatic carbocycles. The van der Waals surface area contributed by atoms with Crippen LogP contribution in [0.4, 0.5) is 10.5 Å². The highest BCUT2D eigenvalue weighted by atomic mass is 32.1. The molecule has 34 heavy (non-hydrogen) atoms. The fraction of sp³-hybridized carbons (Fsp3) is 0.519. The van der Waals surface area contributed by atoms with E-state index < -0.39 is 0 Å². The van der Waals surface area contributed by atoms with Crippen molar-refractivity contribution in [2.24, 2.45) is 0 Å². The first-order valence-electron chi connectivity index (χ1n) is 12.7. The van der Waals surface area contributed by atoms with Gasteiger partial charge in [-0.15, -0.1) is 11.3 Å². The summed E-state index contributed by atoms with van der Waals surface area (Å²) in [6, 6.07) is 8.22. The van der Waals surface area contributed by atoms with Crippen molar-refractivity contribution in [1.29, 1.82) is 0 Å². The smallest absolute Gasteiger partial charge is 0.317 e. The first-order valence-corrected chi connectivity index (χ1v) is 13.6. The van der Waals surface area contributed by atoms with Crippen molar-refractivity contribution < 1.29 is 9.59 Å². The molecule has 180 valence electrons. The van der Waals surface area contributed by atoms with Gasteiger partial charge < -0.3 is 15.1 Å². The first kappa shape index (κ1) is 23.1. The van der Waals surface area contributed by atoms with E-state index in [-0.39, 0.29) is 11.9 Å². The molecule has 6 nitrogen and oxygen atoms in total. The number of aromatic nitrogens is 1. The molecule has 0 radical (unpaired) electrons. The summed E-state index contributed by atoms with van der Waals surface area (Å²) in [5, 5.41) is 6.04. The molecule has 3 amide bonds. The number of hydrogen-bond donors (Lipinski definition) is 1. The van der Waals surface area contributed by atoms with Gasteiger partial charge in [0.2, 0.25) is 0 Å². The van der Waals surface area contributed by atoms with Crippen LogP contribution in [0, 0.1) is 0 Å². The van der Waals surface area contributed by atoms with Crippen molar-refractivity contribution in [2.75, 3.05) is 31.1 Å². The van der Waals surface area contributed by atoms with Gasteiger partial charge in [0.15, 0.2) is 0 Å². The predicted octanol–water partition coefficient (Wildman–Crippen LogP) is 5.52. The summed E-state index contributed by atoms with van der Waals surface area (Å²) in [7, 11) is 0. The van der Waals surface area contributed by atoms with Crippen LogP contribution in [-0.2, 0) is 6.42 Å². The number of amides is 3. The number of rotatable bonds is 5. The molecule has 1 fully saturated rings. The number of fused-ring (bicyclic) bond motifs is 1. The highest BCUT2D eigenvalue weighted by Crippen LogP contribution is 2.32. The maximum absolute atomic E-state index is 13.2. The summed E-state index contributed by atoms with van der Waals surface area (Å²) in [4.78, 5) is 34.4. The summed E-state index contributed by atoms with van der Waals surface area (Å²) in [5.74, 6) is 0.316. The van der Waals surface area contributed by atoms with Gasteiger partial charge in [-0.25, -0.2) is 9.78 Å². The zero-order chi connectivity index (χ0) is 23.3. The SMILES string of the molecule is O=C(NCCC1=CCCCC1)N1CCC(c2nc(C(=O)N3CCCc4ccccc43)cs2)CC1. The molecular formula is C27H34N4O2S. The number of hydrogen-bond acceptors (Lipinski definition) is 4. The summed E-state index contributed by atoms with van der Waals surface area (Å²) < 4.78 is 0. The molecule has 2 aliphatic heterocycles. The Kier molecular flexibility index (Phi) is 7.28. The van der Waals surface area contributed by atoms with Crippen LogP contribution < -0.4 is 10.2 Å². The van der Waals surface area contributed by atoms with Crippen LogP contribution in [-0.4, -0.2) is 48.0 Å². The maximum Gasteiger partial charge on any atom is 0.317 e. The van der Waals surface area contributed by atoms with Gasteiger partial charge in [0.25, 0.3) is 5.91 Å². The van der Waals surface area contributed by atoms with Gasteiger partial charge >= 0.3 is 6.03 Å². The third kappa shape index (κ3) is 5.19. The van der Waals surface area contributed by atoms with Gasteiger partial charge in [-0.3, -0.25) is 4.79 Å². The van der Waals surface area contributed by atoms with E-state index in [2.05, 4.69) is 17.5 Å². The van der Waals surface area contributed by atoms with Crippen molar-refractivity contribution in [2.45, 2.75) is 63.7 Å². The number of urea groups is 1. The van der Waals surface area contributed by atoms with E-state index in [9.17, 15) is 9.59 Å². The Hall–Kier alpha value is -2.67. The Morgan fingerprint density at radius 1 is 1.06 bits per heavy atom. The lowest BCUT2D eigenvalue weighted by Gasteiger charge is -2.31. The zero-order valence-corrected chi connectivity index (χ0v) is 20.6. The number of carbonyl (C=O) groups is 2. The van der Waals surface area contributed by atoms with Crippen molar-refractivity contribution in [1.82, 2.24) is 15.2 Å². The Morgan fingerprint density at radius 3 is 2.74 bits per heavy atom. The molecule has 0 saturated carbocycles. The van der Waals surface area contributed by atoms with Crippen LogP contribution in [0.1, 0.15) is 78.3 Å². The second kappa shape index (κ2) is 10.7. The predicted molar refractivity (Wildman–Crippen MR) is 137 cm³/mol. The molecule has 7 heteroatoms. The molecule has 0 spiro atoms. The van der Waals surface area contributed by atoms with Gasteiger partial charge in [-0.1, -0.05) is 29.8 Å². The van der Waals surface area contributed by atoms with E-state index >= 15 is 0 Å². The molecule has 2 aromatic rings. The lowest BCUT2D eigenvalue weighted by Crippen LogP contribution is -2.44. The van der Waals surface area contributed by atoms with Gasteiger partial charge in [0.1, 0.15) is 5.69 Å². The quantitative estimate of drug-likeness (QED) is 0.576. The second-order valence-electron chi connectivity index (χ2n) is 9.61. The van der Waals surface area contributed by atoms with Gasteiger partial charge in [-0.05, 0) is 69.4 Å². The van der Waals surface area contributed by atoms with Crippen molar-refractivity contribution in [3.63, 3.8) is 0 Å². The van der Waals surface area contributed by atoms with Gasteiger partial charge in [-0.2, -0.15) is 0 Å². The topological polar surface area (TPSA) is 65.5 Å². The van der Waals surface area contributed by atoms with Gasteiger partial charge in [0, 0.05) is 43.2 Å². The number of nitrogens with zero attached hydrogens (tertiary/aromatic N) is 3. The number of benzene rings is 1. The normalized spacial score (nSPS) is 18.9. The molecule has 3 heterocycles. The number of likely N-dealkylation sites (tertiary alicyclic amines) is 1. The second-order valence-corrected chi connectivity index (χ2v) is 10.5. The highest BCUT2D eigenvalue weighted by Gasteiger charge is 2.29. The van der Waals surface area contributed by atoms with Crippen LogP contribution in [0.5, 0.6) is 0 Å². The summed E-state index contributed by atoms with van der Waals surface area (Å²) >= 11 is 1.59. The van der Waals surface area contributed by atoms with Crippen molar-refractivity contribution >= 4 is 29.0 Å². The summed E-state index contributed by atoms with van der Waals surface area (Å²) in [5.41, 5.74) is 4.30. The Bertz CT molecular complexity index is 1050. The Balaban J connectivity index is 1.12. The average Bonchev–Trinajstić information content (AvgIpc) is 3.39. The van der Waals surface area contributed by atoms with E-state index in [4.69, 9.17) is 4.98 Å². The molecule has 0 unspecified atom stereocenters. The average molecular weight is 479 g/mol. The van der Waals surface area contributed by atoms with E-state index in [0.717, 1.165) is 69.0 Å². The van der Waals surface area contributed by atoms with Crippen LogP contribution in [0.2, 0.25) is 0 Å². The third-order valence-electron chi connectivity index (χ3n) is 7.34. The molecule has 0 bridgehead atoms. The lowest BCUT2D eigenvalue weighted by atomic mass is 9.97. The molecule has 1 aromatic heterocycles. The van der Waals surface area contributed by atoms with Gasteiger partial charge in [0.05, 0.1) is 5.01 Å². The van der Waals surface area contributed by atoms with E-state index in [1.165, 1.54) is 36.8 Å². The minimum absolute atomic E-state index is 0.000422. The number of aryl methyl sites for hydroxylation is 1. The summed E-state index contributed by atoms with van der Waals surface area (Å²) in [6.07, 6.45) is 12.1. The molecular weight excluding hydrogens is 444 g/mol. The number of nitrogens with one attached hydrogen (secondary N) is 1. The first-order chi connectivity index (χ1) is 16.7. The number of anilines is 1. The Morgan fingerprint density at radius 2 is 1.91 bits per heavy atom. The van der Waals surface area contributed by atoms with E-state index in [1.807, 2.05) is 33.4 Å². The van der Waals surface area contributed by atoms with Crippen LogP contribution in [0.15, 0.2) is 41.3 Å². The fourth-order valence-corrected chi connectivity index (χ4v) is 6.32. The van der Waals surface area contributed by atoms with Crippen LogP contribution >= 0.6 is 11.3 Å². The number of piperidine rings is 1. The molecule has 0 atom stereocenters. The lowest BCUT2D eigenvalue weighted by molar-refractivity contribution is 0.0980. The highest BCUT2D eigenvalue weighted by molar-refractivity contribution is 7.10. The monoisotopic (exact) mass is 478 g/mol. The molecule has 1 aromatic carbocycles.